The van der Waals surface area contributed by atoms with Gasteiger partial charge in [0.2, 0.25) is 5.91 Å². The molecule has 2 saturated heterocycles. The summed E-state index contributed by atoms with van der Waals surface area (Å²) in [6.07, 6.45) is 0.197. The second-order valence-electron chi connectivity index (χ2n) is 8.52. The van der Waals surface area contributed by atoms with Crippen molar-refractivity contribution < 1.29 is 30.0 Å². The highest BCUT2D eigenvalue weighted by Crippen LogP contribution is 2.32. The second kappa shape index (κ2) is 11.3. The average molecular weight is 435 g/mol. The highest BCUT2D eigenvalue weighted by molar-refractivity contribution is 7.99. The van der Waals surface area contributed by atoms with Gasteiger partial charge in [0.25, 0.3) is 0 Å². The Kier molecular flexibility index (Phi) is 9.66. The van der Waals surface area contributed by atoms with Crippen LogP contribution in [0.1, 0.15) is 40.0 Å². The average Bonchev–Trinajstić information content (AvgIpc) is 2.67. The number of carbonyl (C=O) groups is 1. The molecule has 0 saturated carbocycles. The number of β-amino-alcohol motifs (C(OH)–C–C–N with tert-alkyl or cyclic N) is 1. The summed E-state index contributed by atoms with van der Waals surface area (Å²) in [6.45, 7) is 7.22. The Hall–Kier alpha value is -0.420. The van der Waals surface area contributed by atoms with E-state index < -0.39 is 35.9 Å². The summed E-state index contributed by atoms with van der Waals surface area (Å²) in [5.41, 5.74) is -0.677. The first kappa shape index (κ1) is 24.8. The molecule has 2 heterocycles. The lowest BCUT2D eigenvalue weighted by molar-refractivity contribution is -0.208. The molecule has 2 aliphatic rings. The number of nitrogens with one attached hydrogen (secondary N) is 1. The Labute approximate surface area is 178 Å². The standard InChI is InChI=1S/C20H38N2O6S/c1-5-6-7-12-10-22(8-9-23)14(12)19(27)21-13(11(2)3)18-16(25)15(24)17(26)20(28-18)29-4/h11-18,20,23-26H,5-10H2,1-4H3,(H,21,27)/t12?,13?,14?,15-,16+,17+,18+,20+/m1/s1. The molecule has 0 aromatic rings. The Bertz CT molecular complexity index is 523. The van der Waals surface area contributed by atoms with Crippen molar-refractivity contribution in [2.45, 2.75) is 82.0 Å². The van der Waals surface area contributed by atoms with Crippen molar-refractivity contribution in [3.05, 3.63) is 0 Å². The van der Waals surface area contributed by atoms with Crippen LogP contribution in [0, 0.1) is 11.8 Å². The van der Waals surface area contributed by atoms with E-state index in [1.165, 1.54) is 11.8 Å². The van der Waals surface area contributed by atoms with Gasteiger partial charge >= 0.3 is 0 Å². The van der Waals surface area contributed by atoms with Crippen molar-refractivity contribution in [2.24, 2.45) is 11.8 Å². The number of carbonyl (C=O) groups excluding carboxylic acids is 1. The molecule has 0 aromatic carbocycles. The number of rotatable bonds is 10. The van der Waals surface area contributed by atoms with Crippen LogP contribution in [0.3, 0.4) is 0 Å². The first-order valence-electron chi connectivity index (χ1n) is 10.6. The molecule has 8 atom stereocenters. The van der Waals surface area contributed by atoms with Crippen molar-refractivity contribution in [1.82, 2.24) is 10.2 Å². The maximum absolute atomic E-state index is 13.2. The minimum Gasteiger partial charge on any atom is -0.395 e. The van der Waals surface area contributed by atoms with Crippen LogP contribution in [-0.4, -0.2) is 99.1 Å². The number of amides is 1. The fourth-order valence-electron chi connectivity index (χ4n) is 4.37. The Morgan fingerprint density at radius 1 is 1.24 bits per heavy atom. The van der Waals surface area contributed by atoms with Crippen LogP contribution in [0.4, 0.5) is 0 Å². The third-order valence-electron chi connectivity index (χ3n) is 6.11. The van der Waals surface area contributed by atoms with Crippen LogP contribution in [0.25, 0.3) is 0 Å². The fraction of sp³-hybridized carbons (Fsp3) is 0.950. The van der Waals surface area contributed by atoms with Gasteiger partial charge in [-0.1, -0.05) is 33.6 Å². The van der Waals surface area contributed by atoms with Crippen molar-refractivity contribution >= 4 is 17.7 Å². The first-order valence-corrected chi connectivity index (χ1v) is 11.9. The van der Waals surface area contributed by atoms with E-state index in [1.54, 1.807) is 6.26 Å². The lowest BCUT2D eigenvalue weighted by Crippen LogP contribution is -2.68. The van der Waals surface area contributed by atoms with E-state index in [9.17, 15) is 25.2 Å². The third-order valence-corrected chi connectivity index (χ3v) is 6.97. The number of likely N-dealkylation sites (tertiary alicyclic amines) is 1. The molecule has 1 amide bonds. The smallest absolute Gasteiger partial charge is 0.238 e. The van der Waals surface area contributed by atoms with Crippen molar-refractivity contribution in [3.8, 4) is 0 Å². The summed E-state index contributed by atoms with van der Waals surface area (Å²) < 4.78 is 5.89. The first-order chi connectivity index (χ1) is 13.8. The van der Waals surface area contributed by atoms with E-state index in [-0.39, 0.29) is 30.4 Å². The molecule has 8 nitrogen and oxygen atoms in total. The molecule has 0 aliphatic carbocycles. The summed E-state index contributed by atoms with van der Waals surface area (Å²) in [7, 11) is 0. The fourth-order valence-corrected chi connectivity index (χ4v) is 5.05. The largest absolute Gasteiger partial charge is 0.395 e. The maximum atomic E-state index is 13.2. The zero-order valence-electron chi connectivity index (χ0n) is 17.9. The Morgan fingerprint density at radius 3 is 2.48 bits per heavy atom. The minimum atomic E-state index is -1.34. The SMILES string of the molecule is CCCCC1CN(CCO)C1C(=O)NC(C(C)C)[C@@H]1O[C@@H](SC)[C@@H](O)[C@H](O)[C@@H]1O. The molecule has 3 unspecified atom stereocenters. The number of hydrogen-bond acceptors (Lipinski definition) is 8. The quantitative estimate of drug-likeness (QED) is 0.320. The predicted molar refractivity (Wildman–Crippen MR) is 112 cm³/mol. The van der Waals surface area contributed by atoms with Gasteiger partial charge in [-0.15, -0.1) is 11.8 Å². The van der Waals surface area contributed by atoms with Crippen LogP contribution in [0.5, 0.6) is 0 Å². The molecule has 2 fully saturated rings. The van der Waals surface area contributed by atoms with Crippen LogP contribution in [0.2, 0.25) is 0 Å². The van der Waals surface area contributed by atoms with E-state index in [0.717, 1.165) is 25.8 Å². The van der Waals surface area contributed by atoms with Gasteiger partial charge in [0.05, 0.1) is 18.7 Å². The topological polar surface area (TPSA) is 122 Å². The highest BCUT2D eigenvalue weighted by atomic mass is 32.2. The predicted octanol–water partition coefficient (Wildman–Crippen LogP) is -0.219. The zero-order valence-corrected chi connectivity index (χ0v) is 18.7. The van der Waals surface area contributed by atoms with Crippen molar-refractivity contribution in [2.75, 3.05) is 26.0 Å². The van der Waals surface area contributed by atoms with Crippen LogP contribution in [0.15, 0.2) is 0 Å². The van der Waals surface area contributed by atoms with E-state index >= 15 is 0 Å². The zero-order chi connectivity index (χ0) is 21.7. The molecule has 29 heavy (non-hydrogen) atoms. The van der Waals surface area contributed by atoms with Gasteiger partial charge in [-0.3, -0.25) is 9.69 Å². The van der Waals surface area contributed by atoms with Gasteiger partial charge < -0.3 is 30.5 Å². The molecule has 0 bridgehead atoms. The number of aliphatic hydroxyl groups excluding tert-OH is 4. The van der Waals surface area contributed by atoms with E-state index in [2.05, 4.69) is 12.2 Å². The molecule has 0 aromatic heterocycles. The molecule has 2 rings (SSSR count). The molecule has 5 N–H and O–H groups in total. The molecule has 0 spiro atoms. The minimum absolute atomic E-state index is 0.00181. The maximum Gasteiger partial charge on any atom is 0.238 e. The lowest BCUT2D eigenvalue weighted by Gasteiger charge is -2.49. The third kappa shape index (κ3) is 5.64. The molecular weight excluding hydrogens is 396 g/mol. The van der Waals surface area contributed by atoms with Crippen LogP contribution >= 0.6 is 11.8 Å². The number of aliphatic hydroxyl groups is 4. The normalized spacial score (nSPS) is 36.7. The second-order valence-corrected chi connectivity index (χ2v) is 9.46. The van der Waals surface area contributed by atoms with Gasteiger partial charge in [-0.05, 0) is 24.5 Å². The summed E-state index contributed by atoms with van der Waals surface area (Å²) >= 11 is 1.26. The van der Waals surface area contributed by atoms with Crippen LogP contribution in [-0.2, 0) is 9.53 Å². The Balaban J connectivity index is 2.12. The number of nitrogens with zero attached hydrogens (tertiary/aromatic N) is 1. The highest BCUT2D eigenvalue weighted by Gasteiger charge is 2.49. The van der Waals surface area contributed by atoms with Gasteiger partial charge in [-0.25, -0.2) is 0 Å². The van der Waals surface area contributed by atoms with Gasteiger partial charge in [0.15, 0.2) is 0 Å². The van der Waals surface area contributed by atoms with E-state index in [0.29, 0.717) is 6.54 Å². The van der Waals surface area contributed by atoms with E-state index in [4.69, 9.17) is 4.74 Å². The molecule has 2 aliphatic heterocycles. The number of thioether (sulfide) groups is 1. The molecule has 170 valence electrons. The number of ether oxygens (including phenoxy) is 1. The number of hydrogen-bond donors (Lipinski definition) is 5. The van der Waals surface area contributed by atoms with Crippen molar-refractivity contribution in [3.63, 3.8) is 0 Å². The molecule has 9 heteroatoms. The van der Waals surface area contributed by atoms with Crippen LogP contribution < -0.4 is 5.32 Å². The van der Waals surface area contributed by atoms with Gasteiger partial charge in [-0.2, -0.15) is 0 Å². The summed E-state index contributed by atoms with van der Waals surface area (Å²) in [6, 6.07) is -0.819. The van der Waals surface area contributed by atoms with Gasteiger partial charge in [0.1, 0.15) is 29.9 Å². The Morgan fingerprint density at radius 2 is 1.93 bits per heavy atom. The summed E-state index contributed by atoms with van der Waals surface area (Å²) in [4.78, 5) is 15.1. The van der Waals surface area contributed by atoms with E-state index in [1.807, 2.05) is 18.7 Å². The van der Waals surface area contributed by atoms with Gasteiger partial charge in [0, 0.05) is 13.1 Å². The molecule has 0 radical (unpaired) electrons. The van der Waals surface area contributed by atoms with Crippen molar-refractivity contribution in [1.29, 1.82) is 0 Å². The molecular formula is C20H38N2O6S. The monoisotopic (exact) mass is 434 g/mol. The summed E-state index contributed by atoms with van der Waals surface area (Å²) in [5.74, 6) is 0.0588. The lowest BCUT2D eigenvalue weighted by atomic mass is 9.82. The summed E-state index contributed by atoms with van der Waals surface area (Å²) in [5, 5.41) is 43.2. The number of unbranched alkanes of at least 4 members (excludes halogenated alkanes) is 1.